The topological polar surface area (TPSA) is 61.2 Å². The Balaban J connectivity index is 1.97. The van der Waals surface area contributed by atoms with Crippen molar-refractivity contribution in [2.45, 2.75) is 13.1 Å². The molecule has 0 aliphatic heterocycles. The summed E-state index contributed by atoms with van der Waals surface area (Å²) < 4.78 is 12.3. The highest BCUT2D eigenvalue weighted by atomic mass is 16.5. The second kappa shape index (κ2) is 6.19. The SMILES string of the molecule is COc1ccc(CNCc2ncnn2C)c(OC)c1. The third kappa shape index (κ3) is 3.23. The Kier molecular flexibility index (Phi) is 4.35. The van der Waals surface area contributed by atoms with E-state index >= 15 is 0 Å². The fourth-order valence-corrected chi connectivity index (χ4v) is 1.79. The van der Waals surface area contributed by atoms with Crippen LogP contribution in [0.15, 0.2) is 24.5 Å². The fourth-order valence-electron chi connectivity index (χ4n) is 1.79. The van der Waals surface area contributed by atoms with Crippen molar-refractivity contribution in [1.82, 2.24) is 20.1 Å². The van der Waals surface area contributed by atoms with E-state index < -0.39 is 0 Å². The van der Waals surface area contributed by atoms with Crippen LogP contribution in [-0.2, 0) is 20.1 Å². The minimum atomic E-state index is 0.658. The lowest BCUT2D eigenvalue weighted by Gasteiger charge is -2.11. The second-order valence-corrected chi connectivity index (χ2v) is 4.08. The molecule has 0 amide bonds. The molecular weight excluding hydrogens is 244 g/mol. The van der Waals surface area contributed by atoms with Crippen molar-refractivity contribution in [3.63, 3.8) is 0 Å². The van der Waals surface area contributed by atoms with Crippen molar-refractivity contribution in [1.29, 1.82) is 0 Å². The van der Waals surface area contributed by atoms with Crippen molar-refractivity contribution < 1.29 is 9.47 Å². The van der Waals surface area contributed by atoms with Crippen LogP contribution in [-0.4, -0.2) is 29.0 Å². The van der Waals surface area contributed by atoms with Crippen LogP contribution in [0.4, 0.5) is 0 Å². The van der Waals surface area contributed by atoms with Gasteiger partial charge in [0.05, 0.1) is 20.8 Å². The normalized spacial score (nSPS) is 10.5. The first-order chi connectivity index (χ1) is 9.24. The van der Waals surface area contributed by atoms with Crippen molar-refractivity contribution in [3.05, 3.63) is 35.9 Å². The van der Waals surface area contributed by atoms with Crippen LogP contribution in [0.5, 0.6) is 11.5 Å². The quantitative estimate of drug-likeness (QED) is 0.845. The van der Waals surface area contributed by atoms with Gasteiger partial charge in [0.25, 0.3) is 0 Å². The Bertz CT molecular complexity index is 539. The lowest BCUT2D eigenvalue weighted by molar-refractivity contribution is 0.389. The minimum absolute atomic E-state index is 0.658. The van der Waals surface area contributed by atoms with E-state index in [1.54, 1.807) is 25.2 Å². The average molecular weight is 262 g/mol. The molecule has 0 aliphatic rings. The van der Waals surface area contributed by atoms with Gasteiger partial charge in [-0.05, 0) is 6.07 Å². The van der Waals surface area contributed by atoms with Gasteiger partial charge in [-0.25, -0.2) is 4.98 Å². The highest BCUT2D eigenvalue weighted by molar-refractivity contribution is 5.40. The van der Waals surface area contributed by atoms with E-state index in [4.69, 9.17) is 9.47 Å². The molecule has 0 saturated carbocycles. The number of benzene rings is 1. The third-order valence-corrected chi connectivity index (χ3v) is 2.90. The molecular formula is C13H18N4O2. The third-order valence-electron chi connectivity index (χ3n) is 2.90. The van der Waals surface area contributed by atoms with Gasteiger partial charge in [0.2, 0.25) is 0 Å². The van der Waals surface area contributed by atoms with Crippen molar-refractivity contribution in [2.75, 3.05) is 14.2 Å². The summed E-state index contributed by atoms with van der Waals surface area (Å²) in [5.41, 5.74) is 1.07. The largest absolute Gasteiger partial charge is 0.497 e. The number of aryl methyl sites for hydroxylation is 1. The van der Waals surface area contributed by atoms with Crippen LogP contribution in [0.3, 0.4) is 0 Å². The maximum absolute atomic E-state index is 5.35. The first-order valence-corrected chi connectivity index (χ1v) is 5.99. The number of rotatable bonds is 6. The Hall–Kier alpha value is -2.08. The zero-order chi connectivity index (χ0) is 13.7. The van der Waals surface area contributed by atoms with E-state index in [1.807, 2.05) is 25.2 Å². The molecule has 1 aromatic heterocycles. The smallest absolute Gasteiger partial charge is 0.140 e. The molecule has 6 nitrogen and oxygen atoms in total. The van der Waals surface area contributed by atoms with Crippen molar-refractivity contribution in [3.8, 4) is 11.5 Å². The molecule has 0 saturated heterocycles. The molecule has 0 aliphatic carbocycles. The Morgan fingerprint density at radius 2 is 2.05 bits per heavy atom. The van der Waals surface area contributed by atoms with Crippen LogP contribution >= 0.6 is 0 Å². The highest BCUT2D eigenvalue weighted by Crippen LogP contribution is 2.24. The lowest BCUT2D eigenvalue weighted by Crippen LogP contribution is -2.16. The number of nitrogens with zero attached hydrogens (tertiary/aromatic N) is 3. The molecule has 6 heteroatoms. The highest BCUT2D eigenvalue weighted by Gasteiger charge is 2.05. The number of ether oxygens (including phenoxy) is 2. The van der Waals surface area contributed by atoms with Gasteiger partial charge in [0.15, 0.2) is 0 Å². The van der Waals surface area contributed by atoms with Crippen LogP contribution in [0.2, 0.25) is 0 Å². The summed E-state index contributed by atoms with van der Waals surface area (Å²) in [5.74, 6) is 2.49. The molecule has 19 heavy (non-hydrogen) atoms. The van der Waals surface area contributed by atoms with Gasteiger partial charge in [0, 0.05) is 25.2 Å². The lowest BCUT2D eigenvalue weighted by atomic mass is 10.2. The number of hydrogen-bond acceptors (Lipinski definition) is 5. The molecule has 0 spiro atoms. The van der Waals surface area contributed by atoms with Crippen LogP contribution in [0.1, 0.15) is 11.4 Å². The number of methoxy groups -OCH3 is 2. The van der Waals surface area contributed by atoms with E-state index in [0.29, 0.717) is 13.1 Å². The van der Waals surface area contributed by atoms with Crippen LogP contribution in [0, 0.1) is 0 Å². The van der Waals surface area contributed by atoms with E-state index in [-0.39, 0.29) is 0 Å². The summed E-state index contributed by atoms with van der Waals surface area (Å²) in [4.78, 5) is 4.16. The Morgan fingerprint density at radius 3 is 2.68 bits per heavy atom. The molecule has 0 bridgehead atoms. The van der Waals surface area contributed by atoms with Crippen LogP contribution in [0.25, 0.3) is 0 Å². The first kappa shape index (κ1) is 13.4. The molecule has 0 radical (unpaired) electrons. The summed E-state index contributed by atoms with van der Waals surface area (Å²) >= 11 is 0. The zero-order valence-electron chi connectivity index (χ0n) is 11.4. The number of hydrogen-bond donors (Lipinski definition) is 1. The van der Waals surface area contributed by atoms with E-state index in [0.717, 1.165) is 22.9 Å². The predicted octanol–water partition coefficient (Wildman–Crippen LogP) is 1.12. The molecule has 0 atom stereocenters. The summed E-state index contributed by atoms with van der Waals surface area (Å²) in [5, 5.41) is 7.34. The monoisotopic (exact) mass is 262 g/mol. The van der Waals surface area contributed by atoms with Crippen molar-refractivity contribution >= 4 is 0 Å². The zero-order valence-corrected chi connectivity index (χ0v) is 11.4. The minimum Gasteiger partial charge on any atom is -0.497 e. The maximum Gasteiger partial charge on any atom is 0.140 e. The van der Waals surface area contributed by atoms with Gasteiger partial charge < -0.3 is 14.8 Å². The van der Waals surface area contributed by atoms with Crippen molar-refractivity contribution in [2.24, 2.45) is 7.05 Å². The molecule has 2 rings (SSSR count). The average Bonchev–Trinajstić information content (AvgIpc) is 2.84. The van der Waals surface area contributed by atoms with Gasteiger partial charge >= 0.3 is 0 Å². The molecule has 1 N–H and O–H groups in total. The summed E-state index contributed by atoms with van der Waals surface area (Å²) in [6.07, 6.45) is 1.55. The van der Waals surface area contributed by atoms with Crippen LogP contribution < -0.4 is 14.8 Å². The van der Waals surface area contributed by atoms with Gasteiger partial charge in [-0.3, -0.25) is 4.68 Å². The number of nitrogens with one attached hydrogen (secondary N) is 1. The summed E-state index contributed by atoms with van der Waals surface area (Å²) in [6.45, 7) is 1.35. The van der Waals surface area contributed by atoms with Gasteiger partial charge in [-0.15, -0.1) is 0 Å². The molecule has 2 aromatic rings. The van der Waals surface area contributed by atoms with E-state index in [9.17, 15) is 0 Å². The van der Waals surface area contributed by atoms with Gasteiger partial charge in [-0.2, -0.15) is 5.10 Å². The standard InChI is InChI=1S/C13H18N4O2/c1-17-13(15-9-16-17)8-14-7-10-4-5-11(18-2)6-12(10)19-3/h4-6,9,14H,7-8H2,1-3H3. The molecule has 1 aromatic carbocycles. The summed E-state index contributed by atoms with van der Waals surface area (Å²) in [7, 11) is 5.17. The Morgan fingerprint density at radius 1 is 1.21 bits per heavy atom. The predicted molar refractivity (Wildman–Crippen MR) is 71.1 cm³/mol. The molecule has 1 heterocycles. The van der Waals surface area contributed by atoms with E-state index in [2.05, 4.69) is 15.4 Å². The molecule has 0 unspecified atom stereocenters. The Labute approximate surface area is 112 Å². The van der Waals surface area contributed by atoms with Gasteiger partial charge in [0.1, 0.15) is 23.7 Å². The van der Waals surface area contributed by atoms with E-state index in [1.165, 1.54) is 0 Å². The maximum atomic E-state index is 5.35. The fraction of sp³-hybridized carbons (Fsp3) is 0.385. The number of aromatic nitrogens is 3. The second-order valence-electron chi connectivity index (χ2n) is 4.08. The molecule has 102 valence electrons. The summed E-state index contributed by atoms with van der Waals surface area (Å²) in [6, 6.07) is 5.78. The van der Waals surface area contributed by atoms with Gasteiger partial charge in [-0.1, -0.05) is 6.07 Å². The first-order valence-electron chi connectivity index (χ1n) is 5.99. The molecule has 0 fully saturated rings.